The molecule has 1 saturated heterocycles. The lowest BCUT2D eigenvalue weighted by Gasteiger charge is -2.42. The lowest BCUT2D eigenvalue weighted by molar-refractivity contribution is -0.223. The number of ether oxygens (including phenoxy) is 1. The summed E-state index contributed by atoms with van der Waals surface area (Å²) in [7, 11) is 0. The van der Waals surface area contributed by atoms with Crippen molar-refractivity contribution in [3.8, 4) is 0 Å². The zero-order valence-electron chi connectivity index (χ0n) is 25.3. The predicted octanol–water partition coefficient (Wildman–Crippen LogP) is 1.35. The van der Waals surface area contributed by atoms with Crippen molar-refractivity contribution in [2.45, 2.75) is 108 Å². The molecule has 14 heteroatoms. The van der Waals surface area contributed by atoms with E-state index in [4.69, 9.17) is 16.3 Å². The van der Waals surface area contributed by atoms with Gasteiger partial charge in [0, 0.05) is 6.54 Å². The number of carbonyl (C=O) groups excluding carboxylic acids is 2. The van der Waals surface area contributed by atoms with Crippen LogP contribution in [-0.2, 0) is 16.1 Å². The van der Waals surface area contributed by atoms with Gasteiger partial charge < -0.3 is 35.4 Å². The minimum absolute atomic E-state index is 0.0601. The summed E-state index contributed by atoms with van der Waals surface area (Å²) in [5.74, 6) is -0.694. The average Bonchev–Trinajstić information content (AvgIpc) is 3.48. The topological polar surface area (TPSA) is 182 Å². The maximum Gasteiger partial charge on any atom is 0.256 e. The van der Waals surface area contributed by atoms with Crippen LogP contribution in [0.5, 0.6) is 0 Å². The Labute approximate surface area is 262 Å². The van der Waals surface area contributed by atoms with Crippen molar-refractivity contribution in [3.63, 3.8) is 0 Å². The van der Waals surface area contributed by atoms with Crippen LogP contribution >= 0.6 is 11.6 Å². The van der Waals surface area contributed by atoms with Crippen LogP contribution in [0.15, 0.2) is 30.5 Å². The third kappa shape index (κ3) is 8.13. The summed E-state index contributed by atoms with van der Waals surface area (Å²) >= 11 is 6.47. The Kier molecular flexibility index (Phi) is 12.5. The fourth-order valence-corrected chi connectivity index (χ4v) is 6.32. The maximum absolute atomic E-state index is 14.2. The second kappa shape index (κ2) is 16.1. The van der Waals surface area contributed by atoms with Crippen LogP contribution in [0.1, 0.15) is 81.1 Å². The number of carbonyl (C=O) groups is 2. The van der Waals surface area contributed by atoms with Crippen LogP contribution in [0.2, 0.25) is 5.02 Å². The van der Waals surface area contributed by atoms with Crippen LogP contribution < -0.4 is 10.6 Å². The molecule has 4 rings (SSSR count). The summed E-state index contributed by atoms with van der Waals surface area (Å²) in [4.78, 5) is 29.5. The second-order valence-electron chi connectivity index (χ2n) is 11.7. The number of nitrogens with one attached hydrogen (secondary N) is 2. The van der Waals surface area contributed by atoms with Crippen molar-refractivity contribution >= 4 is 23.4 Å². The first kappa shape index (κ1) is 34.2. The van der Waals surface area contributed by atoms with Crippen LogP contribution in [0.3, 0.4) is 0 Å². The molecular weight excluding hydrogens is 592 g/mol. The number of aliphatic hydroxyl groups excluding tert-OH is 4. The van der Waals surface area contributed by atoms with E-state index >= 15 is 0 Å². The van der Waals surface area contributed by atoms with Gasteiger partial charge in [-0.25, -0.2) is 4.68 Å². The molecule has 7 atom stereocenters. The van der Waals surface area contributed by atoms with E-state index in [0.29, 0.717) is 12.2 Å². The zero-order valence-corrected chi connectivity index (χ0v) is 26.0. The second-order valence-corrected chi connectivity index (χ2v) is 12.1. The molecule has 2 fully saturated rings. The van der Waals surface area contributed by atoms with Gasteiger partial charge in [-0.2, -0.15) is 0 Å². The molecule has 2 amide bonds. The Bertz CT molecular complexity index is 1230. The third-order valence-electron chi connectivity index (χ3n) is 8.38. The van der Waals surface area contributed by atoms with Gasteiger partial charge in [0.2, 0.25) is 5.91 Å². The predicted molar refractivity (Wildman–Crippen MR) is 161 cm³/mol. The van der Waals surface area contributed by atoms with Crippen LogP contribution in [0, 0.1) is 5.92 Å². The highest BCUT2D eigenvalue weighted by molar-refractivity contribution is 6.33. The quantitative estimate of drug-likeness (QED) is 0.139. The number of hydrogen-bond donors (Lipinski definition) is 6. The minimum atomic E-state index is -1.42. The molecule has 1 aliphatic heterocycles. The third-order valence-corrected chi connectivity index (χ3v) is 8.71. The molecule has 6 N–H and O–H groups in total. The molecule has 7 unspecified atom stereocenters. The number of nitrogens with zero attached hydrogens (tertiary/aromatic N) is 4. The molecular formula is C30H45ClN6O7. The lowest BCUT2D eigenvalue weighted by atomic mass is 9.82. The Hall–Kier alpha value is -2.65. The van der Waals surface area contributed by atoms with Crippen LogP contribution in [-0.4, -0.2) is 102 Å². The van der Waals surface area contributed by atoms with Crippen LogP contribution in [0.4, 0.5) is 0 Å². The van der Waals surface area contributed by atoms with Crippen molar-refractivity contribution in [3.05, 3.63) is 46.7 Å². The Balaban J connectivity index is 1.69. The van der Waals surface area contributed by atoms with E-state index in [1.807, 2.05) is 6.92 Å². The van der Waals surface area contributed by atoms with Gasteiger partial charge in [0.1, 0.15) is 36.3 Å². The lowest BCUT2D eigenvalue weighted by Crippen LogP contribution is -2.62. The van der Waals surface area contributed by atoms with Gasteiger partial charge in [-0.1, -0.05) is 61.6 Å². The molecule has 44 heavy (non-hydrogen) atoms. The van der Waals surface area contributed by atoms with E-state index in [2.05, 4.69) is 20.9 Å². The standard InChI is InChI=1S/C30H45ClN6O7/c1-3-4-14-32-28(42)25(19-10-6-5-7-11-19)36(29(43)21-12-8-9-13-22(21)31)15-20-16-37(35-34-20)30-24(33-18(2)39)27(41)26(40)23(17-38)44-30/h8-9,12-13,16,18-19,23-27,30,33,38-41H,3-7,10-11,14-15,17H2,1-2H3,(H,32,42). The summed E-state index contributed by atoms with van der Waals surface area (Å²) in [5.41, 5.74) is 0.608. The molecule has 0 bridgehead atoms. The van der Waals surface area contributed by atoms with E-state index in [0.717, 1.165) is 44.9 Å². The fourth-order valence-electron chi connectivity index (χ4n) is 6.11. The fraction of sp³-hybridized carbons (Fsp3) is 0.667. The summed E-state index contributed by atoms with van der Waals surface area (Å²) in [5, 5.41) is 55.5. The molecule has 1 aromatic carbocycles. The minimum Gasteiger partial charge on any atom is -0.394 e. The molecule has 1 saturated carbocycles. The molecule has 13 nitrogen and oxygen atoms in total. The maximum atomic E-state index is 14.2. The van der Waals surface area contributed by atoms with Crippen molar-refractivity contribution in [1.29, 1.82) is 0 Å². The van der Waals surface area contributed by atoms with E-state index in [9.17, 15) is 30.0 Å². The van der Waals surface area contributed by atoms with E-state index in [1.165, 1.54) is 22.7 Å². The highest BCUT2D eigenvalue weighted by atomic mass is 35.5. The van der Waals surface area contributed by atoms with E-state index in [1.54, 1.807) is 24.3 Å². The smallest absolute Gasteiger partial charge is 0.256 e. The molecule has 0 radical (unpaired) electrons. The van der Waals surface area contributed by atoms with E-state index in [-0.39, 0.29) is 29.0 Å². The van der Waals surface area contributed by atoms with Crippen molar-refractivity contribution in [2.75, 3.05) is 13.2 Å². The van der Waals surface area contributed by atoms with Crippen molar-refractivity contribution < 1.29 is 34.8 Å². The highest BCUT2D eigenvalue weighted by Crippen LogP contribution is 2.33. The highest BCUT2D eigenvalue weighted by Gasteiger charge is 2.46. The number of halogens is 1. The first-order valence-electron chi connectivity index (χ1n) is 15.5. The first-order valence-corrected chi connectivity index (χ1v) is 15.8. The Morgan fingerprint density at radius 1 is 1.18 bits per heavy atom. The molecule has 0 spiro atoms. The Morgan fingerprint density at radius 2 is 1.91 bits per heavy atom. The monoisotopic (exact) mass is 636 g/mol. The van der Waals surface area contributed by atoms with Gasteiger partial charge in [0.15, 0.2) is 6.23 Å². The van der Waals surface area contributed by atoms with Gasteiger partial charge in [0.05, 0.1) is 36.0 Å². The largest absolute Gasteiger partial charge is 0.394 e. The number of aromatic nitrogens is 3. The summed E-state index contributed by atoms with van der Waals surface area (Å²) in [6, 6.07) is 4.93. The summed E-state index contributed by atoms with van der Waals surface area (Å²) < 4.78 is 7.18. The van der Waals surface area contributed by atoms with Gasteiger partial charge in [-0.05, 0) is 44.2 Å². The first-order chi connectivity index (χ1) is 21.2. The number of aliphatic hydroxyl groups is 4. The van der Waals surface area contributed by atoms with Gasteiger partial charge in [-0.3, -0.25) is 14.9 Å². The molecule has 244 valence electrons. The van der Waals surface area contributed by atoms with E-state index < -0.39 is 55.4 Å². The van der Waals surface area contributed by atoms with Gasteiger partial charge in [-0.15, -0.1) is 5.10 Å². The van der Waals surface area contributed by atoms with Crippen molar-refractivity contribution in [1.82, 2.24) is 30.5 Å². The molecule has 2 heterocycles. The number of rotatable bonds is 13. The summed E-state index contributed by atoms with van der Waals surface area (Å²) in [6.07, 6.45) is 1.79. The van der Waals surface area contributed by atoms with Crippen molar-refractivity contribution in [2.24, 2.45) is 5.92 Å². The average molecular weight is 637 g/mol. The normalized spacial score (nSPS) is 25.8. The summed E-state index contributed by atoms with van der Waals surface area (Å²) in [6.45, 7) is 3.37. The number of benzene rings is 1. The zero-order chi connectivity index (χ0) is 31.8. The number of unbranched alkanes of at least 4 members (excludes halogenated alkanes) is 1. The molecule has 1 aromatic heterocycles. The molecule has 2 aromatic rings. The number of hydrogen-bond acceptors (Lipinski definition) is 10. The molecule has 2 aliphatic rings. The SMILES string of the molecule is CCCCNC(=O)C(C1CCCCC1)N(Cc1cn(C2OC(CO)C(O)C(O)C2NC(C)O)nn1)C(=O)c1ccccc1Cl. The number of amides is 2. The Morgan fingerprint density at radius 3 is 2.57 bits per heavy atom. The van der Waals surface area contributed by atoms with Gasteiger partial charge in [0.25, 0.3) is 5.91 Å². The molecule has 1 aliphatic carbocycles. The van der Waals surface area contributed by atoms with Crippen LogP contribution in [0.25, 0.3) is 0 Å². The van der Waals surface area contributed by atoms with Gasteiger partial charge >= 0.3 is 0 Å².